The van der Waals surface area contributed by atoms with Gasteiger partial charge in [-0.3, -0.25) is 14.9 Å². The molecule has 26 heavy (non-hydrogen) atoms. The third kappa shape index (κ3) is 3.34. The van der Waals surface area contributed by atoms with Crippen molar-refractivity contribution in [3.05, 3.63) is 70.2 Å². The Morgan fingerprint density at radius 2 is 2.15 bits per heavy atom. The quantitative estimate of drug-likeness (QED) is 0.525. The highest BCUT2D eigenvalue weighted by molar-refractivity contribution is 5.96. The van der Waals surface area contributed by atoms with E-state index in [0.717, 1.165) is 24.2 Å². The zero-order valence-corrected chi connectivity index (χ0v) is 13.9. The molecular weight excluding hydrogens is 334 g/mol. The molecule has 1 aromatic carbocycles. The second-order valence-electron chi connectivity index (χ2n) is 6.29. The van der Waals surface area contributed by atoms with E-state index in [1.54, 1.807) is 12.1 Å². The monoisotopic (exact) mass is 351 g/mol. The van der Waals surface area contributed by atoms with Gasteiger partial charge in [0.15, 0.2) is 0 Å². The molecule has 4 rings (SSSR count). The summed E-state index contributed by atoms with van der Waals surface area (Å²) >= 11 is 0. The lowest BCUT2D eigenvalue weighted by atomic mass is 10.1. The standard InChI is InChI=1S/C18H17N5O3/c24-18(21-13-5-6-13)12-4-7-15(16(9-12)23(25)26)19-10-14-11-22-8-2-1-3-17(22)20-14/h1-4,7-9,11,13,19H,5-6,10H2,(H,21,24). The van der Waals surface area contributed by atoms with E-state index in [0.29, 0.717) is 17.8 Å². The number of nitrogens with one attached hydrogen (secondary N) is 2. The van der Waals surface area contributed by atoms with Crippen LogP contribution in [0.4, 0.5) is 11.4 Å². The van der Waals surface area contributed by atoms with Gasteiger partial charge >= 0.3 is 0 Å². The molecule has 0 unspecified atom stereocenters. The van der Waals surface area contributed by atoms with Crippen LogP contribution in [0.25, 0.3) is 5.65 Å². The minimum absolute atomic E-state index is 0.128. The first-order valence-corrected chi connectivity index (χ1v) is 8.36. The fraction of sp³-hybridized carbons (Fsp3) is 0.222. The van der Waals surface area contributed by atoms with E-state index in [1.165, 1.54) is 6.07 Å². The van der Waals surface area contributed by atoms with E-state index in [1.807, 2.05) is 35.0 Å². The fourth-order valence-corrected chi connectivity index (χ4v) is 2.73. The van der Waals surface area contributed by atoms with Crippen LogP contribution in [0.3, 0.4) is 0 Å². The number of benzene rings is 1. The molecule has 1 amide bonds. The number of imidazole rings is 1. The summed E-state index contributed by atoms with van der Waals surface area (Å²) in [5.74, 6) is -0.275. The van der Waals surface area contributed by atoms with E-state index in [4.69, 9.17) is 0 Å². The predicted octanol–water partition coefficient (Wildman–Crippen LogP) is 2.75. The van der Waals surface area contributed by atoms with Gasteiger partial charge < -0.3 is 15.0 Å². The van der Waals surface area contributed by atoms with Gasteiger partial charge in [-0.15, -0.1) is 0 Å². The highest BCUT2D eigenvalue weighted by Gasteiger charge is 2.25. The molecule has 132 valence electrons. The summed E-state index contributed by atoms with van der Waals surface area (Å²) in [5.41, 5.74) is 2.10. The molecule has 8 nitrogen and oxygen atoms in total. The summed E-state index contributed by atoms with van der Waals surface area (Å²) in [6.07, 6.45) is 5.69. The minimum Gasteiger partial charge on any atom is -0.374 e. The van der Waals surface area contributed by atoms with E-state index >= 15 is 0 Å². The summed E-state index contributed by atoms with van der Waals surface area (Å²) in [6.45, 7) is 0.343. The zero-order chi connectivity index (χ0) is 18.1. The van der Waals surface area contributed by atoms with Crippen molar-refractivity contribution >= 4 is 22.9 Å². The van der Waals surface area contributed by atoms with Crippen LogP contribution in [0.5, 0.6) is 0 Å². The summed E-state index contributed by atoms with van der Waals surface area (Å²) < 4.78 is 1.89. The van der Waals surface area contributed by atoms with Gasteiger partial charge in [0.25, 0.3) is 11.6 Å². The number of anilines is 1. The molecule has 2 heterocycles. The van der Waals surface area contributed by atoms with Crippen molar-refractivity contribution in [3.8, 4) is 0 Å². The Morgan fingerprint density at radius 1 is 1.31 bits per heavy atom. The average Bonchev–Trinajstić information content (AvgIpc) is 3.35. The van der Waals surface area contributed by atoms with Crippen LogP contribution in [0.1, 0.15) is 28.9 Å². The second-order valence-corrected chi connectivity index (χ2v) is 6.29. The van der Waals surface area contributed by atoms with Crippen molar-refractivity contribution in [2.45, 2.75) is 25.4 Å². The molecule has 2 N–H and O–H groups in total. The number of hydrogen-bond donors (Lipinski definition) is 2. The van der Waals surface area contributed by atoms with Gasteiger partial charge in [0.2, 0.25) is 0 Å². The Kier molecular flexibility index (Phi) is 4.00. The molecule has 8 heteroatoms. The summed E-state index contributed by atoms with van der Waals surface area (Å²) in [7, 11) is 0. The van der Waals surface area contributed by atoms with Crippen molar-refractivity contribution < 1.29 is 9.72 Å². The zero-order valence-electron chi connectivity index (χ0n) is 13.9. The Morgan fingerprint density at radius 3 is 2.88 bits per heavy atom. The van der Waals surface area contributed by atoms with Crippen molar-refractivity contribution in [1.82, 2.24) is 14.7 Å². The van der Waals surface area contributed by atoms with Crippen molar-refractivity contribution in [1.29, 1.82) is 0 Å². The molecule has 0 aliphatic heterocycles. The highest BCUT2D eigenvalue weighted by atomic mass is 16.6. The fourth-order valence-electron chi connectivity index (χ4n) is 2.73. The summed E-state index contributed by atoms with van der Waals surface area (Å²) in [5, 5.41) is 17.3. The van der Waals surface area contributed by atoms with Crippen LogP contribution >= 0.6 is 0 Å². The van der Waals surface area contributed by atoms with E-state index in [9.17, 15) is 14.9 Å². The van der Waals surface area contributed by atoms with E-state index in [-0.39, 0.29) is 17.6 Å². The number of nitro benzene ring substituents is 1. The summed E-state index contributed by atoms with van der Waals surface area (Å²) in [4.78, 5) is 27.5. The minimum atomic E-state index is -0.486. The van der Waals surface area contributed by atoms with Crippen LogP contribution in [0, 0.1) is 10.1 Å². The first-order chi connectivity index (χ1) is 12.6. The number of aromatic nitrogens is 2. The van der Waals surface area contributed by atoms with Gasteiger partial charge in [0.05, 0.1) is 17.2 Å². The number of nitrogens with zero attached hydrogens (tertiary/aromatic N) is 3. The van der Waals surface area contributed by atoms with Gasteiger partial charge in [0, 0.05) is 30.1 Å². The Hall–Kier alpha value is -3.42. The molecule has 0 spiro atoms. The van der Waals surface area contributed by atoms with Crippen LogP contribution in [-0.2, 0) is 6.54 Å². The van der Waals surface area contributed by atoms with E-state index < -0.39 is 4.92 Å². The molecule has 0 saturated heterocycles. The van der Waals surface area contributed by atoms with Gasteiger partial charge in [-0.1, -0.05) is 6.07 Å². The van der Waals surface area contributed by atoms with Gasteiger partial charge in [-0.25, -0.2) is 4.98 Å². The number of fused-ring (bicyclic) bond motifs is 1. The Bertz CT molecular complexity index is 960. The lowest BCUT2D eigenvalue weighted by molar-refractivity contribution is -0.384. The molecule has 0 bridgehead atoms. The lowest BCUT2D eigenvalue weighted by Gasteiger charge is -2.08. The predicted molar refractivity (Wildman–Crippen MR) is 96.1 cm³/mol. The van der Waals surface area contributed by atoms with Crippen LogP contribution in [-0.4, -0.2) is 26.3 Å². The average molecular weight is 351 g/mol. The number of carbonyl (C=O) groups is 1. The molecule has 2 aromatic heterocycles. The topological polar surface area (TPSA) is 102 Å². The number of hydrogen-bond acceptors (Lipinski definition) is 5. The number of rotatable bonds is 6. The number of pyridine rings is 1. The molecule has 1 fully saturated rings. The largest absolute Gasteiger partial charge is 0.374 e. The molecule has 1 aliphatic rings. The maximum absolute atomic E-state index is 12.1. The number of carbonyl (C=O) groups excluding carboxylic acids is 1. The Balaban J connectivity index is 1.52. The highest BCUT2D eigenvalue weighted by Crippen LogP contribution is 2.27. The van der Waals surface area contributed by atoms with Crippen molar-refractivity contribution in [3.63, 3.8) is 0 Å². The first-order valence-electron chi connectivity index (χ1n) is 8.36. The number of amides is 1. The SMILES string of the molecule is O=C(NC1CC1)c1ccc(NCc2cn3ccccc3n2)c([N+](=O)[O-])c1. The van der Waals surface area contributed by atoms with Crippen LogP contribution in [0.2, 0.25) is 0 Å². The molecule has 0 radical (unpaired) electrons. The molecule has 3 aromatic rings. The maximum Gasteiger partial charge on any atom is 0.293 e. The van der Waals surface area contributed by atoms with Gasteiger partial charge in [-0.05, 0) is 37.1 Å². The molecule has 0 atom stereocenters. The van der Waals surface area contributed by atoms with Gasteiger partial charge in [-0.2, -0.15) is 0 Å². The lowest BCUT2D eigenvalue weighted by Crippen LogP contribution is -2.25. The first kappa shape index (κ1) is 16.1. The second kappa shape index (κ2) is 6.47. The smallest absolute Gasteiger partial charge is 0.293 e. The third-order valence-corrected chi connectivity index (χ3v) is 4.24. The molecular formula is C18H17N5O3. The molecule has 1 saturated carbocycles. The van der Waals surface area contributed by atoms with Gasteiger partial charge in [0.1, 0.15) is 11.3 Å². The molecule has 1 aliphatic carbocycles. The summed E-state index contributed by atoms with van der Waals surface area (Å²) in [6, 6.07) is 10.4. The number of nitro groups is 1. The third-order valence-electron chi connectivity index (χ3n) is 4.24. The van der Waals surface area contributed by atoms with E-state index in [2.05, 4.69) is 15.6 Å². The van der Waals surface area contributed by atoms with Crippen LogP contribution in [0.15, 0.2) is 48.8 Å². The normalized spacial score (nSPS) is 13.5. The van der Waals surface area contributed by atoms with Crippen molar-refractivity contribution in [2.75, 3.05) is 5.32 Å². The maximum atomic E-state index is 12.1. The van der Waals surface area contributed by atoms with Crippen LogP contribution < -0.4 is 10.6 Å². The Labute approximate surface area is 149 Å². The van der Waals surface area contributed by atoms with Crippen molar-refractivity contribution in [2.24, 2.45) is 0 Å².